The molecule has 3 rings (SSSR count). The maximum Gasteiger partial charge on any atom is 0.120 e. The van der Waals surface area contributed by atoms with Crippen molar-refractivity contribution in [2.75, 3.05) is 0 Å². The van der Waals surface area contributed by atoms with Crippen LogP contribution >= 0.6 is 23.5 Å². The molecule has 0 spiro atoms. The molecule has 1 heterocycles. The third kappa shape index (κ3) is 2.77. The van der Waals surface area contributed by atoms with Crippen LogP contribution in [0.1, 0.15) is 20.3 Å². The first-order valence-corrected chi connectivity index (χ1v) is 8.15. The van der Waals surface area contributed by atoms with Gasteiger partial charge in [-0.05, 0) is 43.7 Å². The molecular formula is C16H16OS2. The highest BCUT2D eigenvalue weighted by atomic mass is 32.2. The van der Waals surface area contributed by atoms with Gasteiger partial charge in [-0.3, -0.25) is 0 Å². The lowest BCUT2D eigenvalue weighted by atomic mass is 10.3. The third-order valence-corrected chi connectivity index (χ3v) is 5.66. The Labute approximate surface area is 122 Å². The monoisotopic (exact) mass is 288 g/mol. The van der Waals surface area contributed by atoms with E-state index in [1.807, 2.05) is 23.5 Å². The topological polar surface area (TPSA) is 9.23 Å². The Morgan fingerprint density at radius 1 is 0.947 bits per heavy atom. The van der Waals surface area contributed by atoms with Crippen molar-refractivity contribution in [3.8, 4) is 5.75 Å². The molecule has 0 aromatic heterocycles. The first-order chi connectivity index (χ1) is 9.26. The summed E-state index contributed by atoms with van der Waals surface area (Å²) in [7, 11) is 0. The van der Waals surface area contributed by atoms with E-state index in [1.54, 1.807) is 0 Å². The number of hydrogen-bond acceptors (Lipinski definition) is 3. The average Bonchev–Trinajstić information content (AvgIpc) is 2.45. The molecule has 19 heavy (non-hydrogen) atoms. The van der Waals surface area contributed by atoms with Crippen molar-refractivity contribution in [3.05, 3.63) is 42.5 Å². The van der Waals surface area contributed by atoms with Gasteiger partial charge in [0.05, 0.1) is 6.10 Å². The lowest BCUT2D eigenvalue weighted by molar-refractivity contribution is 0.217. The second-order valence-electron chi connectivity index (χ2n) is 4.60. The van der Waals surface area contributed by atoms with E-state index < -0.39 is 0 Å². The highest BCUT2D eigenvalue weighted by molar-refractivity contribution is 8.05. The van der Waals surface area contributed by atoms with E-state index in [1.165, 1.54) is 19.6 Å². The van der Waals surface area contributed by atoms with Crippen molar-refractivity contribution in [1.82, 2.24) is 0 Å². The van der Waals surface area contributed by atoms with E-state index in [2.05, 4.69) is 56.3 Å². The normalized spacial score (nSPS) is 14.4. The molecule has 2 aromatic carbocycles. The summed E-state index contributed by atoms with van der Waals surface area (Å²) in [6, 6.07) is 15.0. The van der Waals surface area contributed by atoms with Crippen molar-refractivity contribution < 1.29 is 4.74 Å². The minimum absolute atomic E-state index is 0.270. The van der Waals surface area contributed by atoms with Crippen LogP contribution in [-0.2, 0) is 0 Å². The summed E-state index contributed by atoms with van der Waals surface area (Å²) in [4.78, 5) is 5.29. The molecule has 0 N–H and O–H groups in total. The zero-order valence-corrected chi connectivity index (χ0v) is 12.7. The molecule has 1 nitrogen and oxygen atoms in total. The van der Waals surface area contributed by atoms with Crippen LogP contribution in [0.4, 0.5) is 0 Å². The molecule has 0 bridgehead atoms. The van der Waals surface area contributed by atoms with E-state index in [-0.39, 0.29) is 6.10 Å². The smallest absolute Gasteiger partial charge is 0.120 e. The van der Waals surface area contributed by atoms with Crippen LogP contribution in [0.25, 0.3) is 0 Å². The van der Waals surface area contributed by atoms with Gasteiger partial charge >= 0.3 is 0 Å². The average molecular weight is 288 g/mol. The number of benzene rings is 2. The second-order valence-corrected chi connectivity index (χ2v) is 6.76. The molecule has 0 amide bonds. The van der Waals surface area contributed by atoms with Crippen molar-refractivity contribution in [3.63, 3.8) is 0 Å². The van der Waals surface area contributed by atoms with E-state index in [9.17, 15) is 0 Å². The van der Waals surface area contributed by atoms with Gasteiger partial charge in [-0.15, -0.1) is 0 Å². The fourth-order valence-electron chi connectivity index (χ4n) is 1.90. The van der Waals surface area contributed by atoms with Gasteiger partial charge in [0.2, 0.25) is 0 Å². The lowest BCUT2D eigenvalue weighted by Gasteiger charge is -2.20. The van der Waals surface area contributed by atoms with Gasteiger partial charge < -0.3 is 4.74 Å². The first-order valence-electron chi connectivity index (χ1n) is 6.51. The molecule has 1 aliphatic heterocycles. The first kappa shape index (κ1) is 12.9. The molecule has 0 saturated carbocycles. The minimum atomic E-state index is 0.270. The SMILES string of the molecule is CCC(C)Oc1ccc2c(c1)Sc1ccccc1S2. The molecule has 0 aliphatic carbocycles. The fourth-order valence-corrected chi connectivity index (χ4v) is 4.14. The predicted molar refractivity (Wildman–Crippen MR) is 81.5 cm³/mol. The third-order valence-electron chi connectivity index (χ3n) is 3.12. The van der Waals surface area contributed by atoms with Crippen molar-refractivity contribution in [1.29, 1.82) is 0 Å². The van der Waals surface area contributed by atoms with Crippen LogP contribution < -0.4 is 4.74 Å². The second kappa shape index (κ2) is 5.51. The number of ether oxygens (including phenoxy) is 1. The molecule has 0 fully saturated rings. The predicted octanol–water partition coefficient (Wildman–Crippen LogP) is 5.48. The lowest BCUT2D eigenvalue weighted by Crippen LogP contribution is -2.09. The molecule has 1 aliphatic rings. The molecular weight excluding hydrogens is 272 g/mol. The number of rotatable bonds is 3. The standard InChI is InChI=1S/C16H16OS2/c1-3-11(2)17-12-8-9-15-16(10-12)19-14-7-5-4-6-13(14)18-15/h4-11H,3H2,1-2H3. The summed E-state index contributed by atoms with van der Waals surface area (Å²) in [6.45, 7) is 4.25. The quantitative estimate of drug-likeness (QED) is 0.631. The van der Waals surface area contributed by atoms with Crippen LogP contribution in [-0.4, -0.2) is 6.10 Å². The van der Waals surface area contributed by atoms with Crippen molar-refractivity contribution >= 4 is 23.5 Å². The molecule has 2 aromatic rings. The van der Waals surface area contributed by atoms with Crippen LogP contribution in [0.3, 0.4) is 0 Å². The van der Waals surface area contributed by atoms with Gasteiger partial charge in [0.25, 0.3) is 0 Å². The van der Waals surface area contributed by atoms with E-state index in [0.717, 1.165) is 12.2 Å². The summed E-state index contributed by atoms with van der Waals surface area (Å²) >= 11 is 3.67. The Bertz CT molecular complexity index is 595. The van der Waals surface area contributed by atoms with Crippen LogP contribution in [0, 0.1) is 0 Å². The van der Waals surface area contributed by atoms with Crippen LogP contribution in [0.15, 0.2) is 62.0 Å². The summed E-state index contributed by atoms with van der Waals surface area (Å²) < 4.78 is 5.89. The Hall–Kier alpha value is -1.06. The zero-order valence-electron chi connectivity index (χ0n) is 11.1. The van der Waals surface area contributed by atoms with Gasteiger partial charge in [0, 0.05) is 19.6 Å². The van der Waals surface area contributed by atoms with E-state index in [4.69, 9.17) is 4.74 Å². The van der Waals surface area contributed by atoms with Crippen LogP contribution in [0.5, 0.6) is 5.75 Å². The summed E-state index contributed by atoms with van der Waals surface area (Å²) in [5.41, 5.74) is 0. The van der Waals surface area contributed by atoms with Crippen molar-refractivity contribution in [2.24, 2.45) is 0 Å². The van der Waals surface area contributed by atoms with E-state index in [0.29, 0.717) is 0 Å². The van der Waals surface area contributed by atoms with Crippen molar-refractivity contribution in [2.45, 2.75) is 46.0 Å². The zero-order chi connectivity index (χ0) is 13.2. The molecule has 98 valence electrons. The summed E-state index contributed by atoms with van der Waals surface area (Å²) in [5.74, 6) is 0.973. The molecule has 1 unspecified atom stereocenters. The molecule has 0 saturated heterocycles. The fraction of sp³-hybridized carbons (Fsp3) is 0.250. The highest BCUT2D eigenvalue weighted by Gasteiger charge is 2.17. The molecule has 3 heteroatoms. The van der Waals surface area contributed by atoms with Gasteiger partial charge in [-0.1, -0.05) is 42.6 Å². The number of hydrogen-bond donors (Lipinski definition) is 0. The Kier molecular flexibility index (Phi) is 3.76. The Morgan fingerprint density at radius 3 is 2.26 bits per heavy atom. The minimum Gasteiger partial charge on any atom is -0.491 e. The largest absolute Gasteiger partial charge is 0.491 e. The summed E-state index contributed by atoms with van der Waals surface area (Å²) in [5, 5.41) is 0. The molecule has 0 radical (unpaired) electrons. The molecule has 1 atom stereocenters. The van der Waals surface area contributed by atoms with E-state index >= 15 is 0 Å². The van der Waals surface area contributed by atoms with Gasteiger partial charge in [-0.2, -0.15) is 0 Å². The van der Waals surface area contributed by atoms with Gasteiger partial charge in [0.1, 0.15) is 5.75 Å². The maximum atomic E-state index is 5.89. The maximum absolute atomic E-state index is 5.89. The summed E-state index contributed by atoms with van der Waals surface area (Å²) in [6.07, 6.45) is 1.30. The van der Waals surface area contributed by atoms with Gasteiger partial charge in [0.15, 0.2) is 0 Å². The van der Waals surface area contributed by atoms with Gasteiger partial charge in [-0.25, -0.2) is 0 Å². The number of fused-ring (bicyclic) bond motifs is 2. The Morgan fingerprint density at radius 2 is 1.58 bits per heavy atom. The Balaban J connectivity index is 1.87. The highest BCUT2D eigenvalue weighted by Crippen LogP contribution is 2.49. The van der Waals surface area contributed by atoms with Crippen LogP contribution in [0.2, 0.25) is 0 Å².